The van der Waals surface area contributed by atoms with Crippen molar-refractivity contribution in [3.63, 3.8) is 0 Å². The molecule has 6 heteroatoms. The van der Waals surface area contributed by atoms with Gasteiger partial charge in [-0.25, -0.2) is 4.39 Å². The summed E-state index contributed by atoms with van der Waals surface area (Å²) >= 11 is 0. The molecule has 21 heavy (non-hydrogen) atoms. The van der Waals surface area contributed by atoms with Crippen LogP contribution in [0.1, 0.15) is 25.7 Å². The molecular weight excluding hydrogens is 271 g/mol. The zero-order chi connectivity index (χ0) is 15.1. The molecule has 0 unspecified atom stereocenters. The number of nitrogens with one attached hydrogen (secondary N) is 3. The number of rotatable bonds is 4. The number of carbonyl (C=O) groups is 1. The zero-order valence-electron chi connectivity index (χ0n) is 12.2. The standard InChI is InChI=1S/C15H21FN4O/c1-17-15(20-12-4-2-3-5-12)18-10-14(21)19-13-8-6-11(16)7-9-13/h6-9,12H,2-5,10H2,1H3,(H,19,21)(H2,17,18,20). The summed E-state index contributed by atoms with van der Waals surface area (Å²) in [6.45, 7) is 0.115. The van der Waals surface area contributed by atoms with Crippen LogP contribution in [0, 0.1) is 5.82 Å². The Balaban J connectivity index is 1.75. The summed E-state index contributed by atoms with van der Waals surface area (Å²) in [6, 6.07) is 6.11. The van der Waals surface area contributed by atoms with Crippen molar-refractivity contribution in [1.29, 1.82) is 0 Å². The molecular formula is C15H21FN4O. The fourth-order valence-electron chi connectivity index (χ4n) is 2.36. The molecule has 0 bridgehead atoms. The maximum Gasteiger partial charge on any atom is 0.243 e. The molecule has 1 aromatic rings. The van der Waals surface area contributed by atoms with Crippen LogP contribution in [-0.2, 0) is 4.79 Å². The Bertz CT molecular complexity index is 495. The van der Waals surface area contributed by atoms with E-state index in [4.69, 9.17) is 0 Å². The van der Waals surface area contributed by atoms with Gasteiger partial charge in [-0.05, 0) is 37.1 Å². The molecule has 2 rings (SSSR count). The second-order valence-corrected chi connectivity index (χ2v) is 5.11. The van der Waals surface area contributed by atoms with E-state index in [1.165, 1.54) is 37.1 Å². The average molecular weight is 292 g/mol. The van der Waals surface area contributed by atoms with Crippen molar-refractivity contribution in [2.45, 2.75) is 31.7 Å². The molecule has 0 atom stereocenters. The first-order chi connectivity index (χ1) is 10.2. The molecule has 1 fully saturated rings. The number of benzene rings is 1. The van der Waals surface area contributed by atoms with Crippen molar-refractivity contribution in [3.8, 4) is 0 Å². The first-order valence-electron chi connectivity index (χ1n) is 7.20. The number of halogens is 1. The summed E-state index contributed by atoms with van der Waals surface area (Å²) in [5.74, 6) is 0.111. The molecule has 0 saturated heterocycles. The molecule has 0 spiro atoms. The third kappa shape index (κ3) is 5.06. The van der Waals surface area contributed by atoms with Crippen LogP contribution < -0.4 is 16.0 Å². The van der Waals surface area contributed by atoms with E-state index in [0.29, 0.717) is 17.7 Å². The Hall–Kier alpha value is -2.11. The molecule has 1 aromatic carbocycles. The molecule has 5 nitrogen and oxygen atoms in total. The van der Waals surface area contributed by atoms with Crippen molar-refractivity contribution in [2.75, 3.05) is 18.9 Å². The van der Waals surface area contributed by atoms with Gasteiger partial charge in [-0.15, -0.1) is 0 Å². The molecule has 1 aliphatic rings. The van der Waals surface area contributed by atoms with Crippen LogP contribution in [-0.4, -0.2) is 31.5 Å². The van der Waals surface area contributed by atoms with Gasteiger partial charge in [0.1, 0.15) is 5.82 Å². The van der Waals surface area contributed by atoms with Gasteiger partial charge in [-0.1, -0.05) is 12.8 Å². The Morgan fingerprint density at radius 2 is 1.95 bits per heavy atom. The highest BCUT2D eigenvalue weighted by Gasteiger charge is 2.16. The fraction of sp³-hybridized carbons (Fsp3) is 0.467. The first-order valence-corrected chi connectivity index (χ1v) is 7.20. The van der Waals surface area contributed by atoms with E-state index >= 15 is 0 Å². The quantitative estimate of drug-likeness (QED) is 0.586. The first kappa shape index (κ1) is 15.3. The van der Waals surface area contributed by atoms with Crippen molar-refractivity contribution in [1.82, 2.24) is 10.6 Å². The molecule has 1 saturated carbocycles. The SMILES string of the molecule is CN=C(NCC(=O)Nc1ccc(F)cc1)NC1CCCC1. The van der Waals surface area contributed by atoms with Crippen molar-refractivity contribution >= 4 is 17.6 Å². The highest BCUT2D eigenvalue weighted by molar-refractivity contribution is 5.94. The van der Waals surface area contributed by atoms with E-state index in [1.54, 1.807) is 7.05 Å². The lowest BCUT2D eigenvalue weighted by Gasteiger charge is -2.16. The number of guanidine groups is 1. The predicted molar refractivity (Wildman–Crippen MR) is 81.8 cm³/mol. The maximum atomic E-state index is 12.8. The van der Waals surface area contributed by atoms with E-state index in [1.807, 2.05) is 0 Å². The van der Waals surface area contributed by atoms with Crippen LogP contribution in [0.4, 0.5) is 10.1 Å². The Morgan fingerprint density at radius 3 is 2.57 bits per heavy atom. The number of nitrogens with zero attached hydrogens (tertiary/aromatic N) is 1. The van der Waals surface area contributed by atoms with Crippen LogP contribution in [0.3, 0.4) is 0 Å². The van der Waals surface area contributed by atoms with Crippen LogP contribution >= 0.6 is 0 Å². The largest absolute Gasteiger partial charge is 0.354 e. The number of hydrogen-bond donors (Lipinski definition) is 3. The summed E-state index contributed by atoms with van der Waals surface area (Å²) in [5.41, 5.74) is 0.571. The summed E-state index contributed by atoms with van der Waals surface area (Å²) in [7, 11) is 1.68. The Labute approximate surface area is 124 Å². The molecule has 0 aromatic heterocycles. The van der Waals surface area contributed by atoms with Gasteiger partial charge >= 0.3 is 0 Å². The van der Waals surface area contributed by atoms with Crippen LogP contribution in [0.2, 0.25) is 0 Å². The van der Waals surface area contributed by atoms with Crippen molar-refractivity contribution in [3.05, 3.63) is 30.1 Å². The molecule has 0 heterocycles. The predicted octanol–water partition coefficient (Wildman–Crippen LogP) is 1.87. The average Bonchev–Trinajstić information content (AvgIpc) is 2.99. The third-order valence-electron chi connectivity index (χ3n) is 3.46. The molecule has 1 aliphatic carbocycles. The summed E-state index contributed by atoms with van der Waals surface area (Å²) in [5, 5.41) is 8.97. The fourth-order valence-corrected chi connectivity index (χ4v) is 2.36. The van der Waals surface area contributed by atoms with E-state index < -0.39 is 0 Å². The Kier molecular flexibility index (Phi) is 5.54. The number of amides is 1. The summed E-state index contributed by atoms with van der Waals surface area (Å²) in [4.78, 5) is 15.9. The lowest BCUT2D eigenvalue weighted by molar-refractivity contribution is -0.115. The number of aliphatic imine (C=N–C) groups is 1. The van der Waals surface area contributed by atoms with Gasteiger partial charge in [0.2, 0.25) is 5.91 Å². The van der Waals surface area contributed by atoms with Crippen LogP contribution in [0.15, 0.2) is 29.3 Å². The molecule has 3 N–H and O–H groups in total. The van der Waals surface area contributed by atoms with Crippen molar-refractivity contribution in [2.24, 2.45) is 4.99 Å². The van der Waals surface area contributed by atoms with E-state index in [9.17, 15) is 9.18 Å². The molecule has 1 amide bonds. The molecule has 114 valence electrons. The van der Waals surface area contributed by atoms with Gasteiger partial charge in [-0.3, -0.25) is 9.79 Å². The van der Waals surface area contributed by atoms with Gasteiger partial charge in [-0.2, -0.15) is 0 Å². The van der Waals surface area contributed by atoms with E-state index in [-0.39, 0.29) is 18.3 Å². The van der Waals surface area contributed by atoms with Gasteiger partial charge < -0.3 is 16.0 Å². The van der Waals surface area contributed by atoms with Gasteiger partial charge in [0.25, 0.3) is 0 Å². The van der Waals surface area contributed by atoms with E-state index in [2.05, 4.69) is 20.9 Å². The normalized spacial score (nSPS) is 15.8. The molecule has 0 aliphatic heterocycles. The van der Waals surface area contributed by atoms with Gasteiger partial charge in [0, 0.05) is 18.8 Å². The zero-order valence-corrected chi connectivity index (χ0v) is 12.2. The summed E-state index contributed by atoms with van der Waals surface area (Å²) < 4.78 is 12.8. The lowest BCUT2D eigenvalue weighted by atomic mass is 10.2. The summed E-state index contributed by atoms with van der Waals surface area (Å²) in [6.07, 6.45) is 4.75. The van der Waals surface area contributed by atoms with Gasteiger partial charge in [0.05, 0.1) is 6.54 Å². The van der Waals surface area contributed by atoms with Crippen LogP contribution in [0.25, 0.3) is 0 Å². The Morgan fingerprint density at radius 1 is 1.29 bits per heavy atom. The van der Waals surface area contributed by atoms with Gasteiger partial charge in [0.15, 0.2) is 5.96 Å². The maximum absolute atomic E-state index is 12.8. The topological polar surface area (TPSA) is 65.5 Å². The number of carbonyl (C=O) groups excluding carboxylic acids is 1. The monoisotopic (exact) mass is 292 g/mol. The minimum absolute atomic E-state index is 0.115. The van der Waals surface area contributed by atoms with Crippen molar-refractivity contribution < 1.29 is 9.18 Å². The third-order valence-corrected chi connectivity index (χ3v) is 3.46. The second-order valence-electron chi connectivity index (χ2n) is 5.11. The smallest absolute Gasteiger partial charge is 0.243 e. The van der Waals surface area contributed by atoms with Crippen LogP contribution in [0.5, 0.6) is 0 Å². The highest BCUT2D eigenvalue weighted by Crippen LogP contribution is 2.17. The minimum Gasteiger partial charge on any atom is -0.354 e. The minimum atomic E-state index is -0.327. The second kappa shape index (κ2) is 7.61. The van der Waals surface area contributed by atoms with E-state index in [0.717, 1.165) is 12.8 Å². The lowest BCUT2D eigenvalue weighted by Crippen LogP contribution is -2.45. The molecule has 0 radical (unpaired) electrons. The number of hydrogen-bond acceptors (Lipinski definition) is 2. The number of anilines is 1. The highest BCUT2D eigenvalue weighted by atomic mass is 19.1.